The monoisotopic (exact) mass is 351 g/mol. The number of carbonyl (C=O) groups is 1. The SMILES string of the molecule is CSc1nnc(SC(C)C(=O)N2CCc3ccccc3C2)s1. The van der Waals surface area contributed by atoms with Gasteiger partial charge in [0.25, 0.3) is 0 Å². The van der Waals surface area contributed by atoms with E-state index in [9.17, 15) is 4.79 Å². The second-order valence-electron chi connectivity index (χ2n) is 5.08. The van der Waals surface area contributed by atoms with Crippen LogP contribution >= 0.6 is 34.9 Å². The van der Waals surface area contributed by atoms with Crippen molar-refractivity contribution in [1.29, 1.82) is 0 Å². The van der Waals surface area contributed by atoms with Crippen LogP contribution in [0.25, 0.3) is 0 Å². The average molecular weight is 352 g/mol. The largest absolute Gasteiger partial charge is 0.337 e. The van der Waals surface area contributed by atoms with Crippen LogP contribution in [-0.4, -0.2) is 39.1 Å². The van der Waals surface area contributed by atoms with E-state index in [1.54, 1.807) is 23.1 Å². The summed E-state index contributed by atoms with van der Waals surface area (Å²) in [6, 6.07) is 8.37. The summed E-state index contributed by atoms with van der Waals surface area (Å²) in [6.07, 6.45) is 2.92. The molecule has 0 saturated carbocycles. The Hall–Kier alpha value is -1.05. The molecule has 0 N–H and O–H groups in total. The number of benzene rings is 1. The van der Waals surface area contributed by atoms with Crippen LogP contribution in [0.4, 0.5) is 0 Å². The van der Waals surface area contributed by atoms with Crippen LogP contribution in [0.5, 0.6) is 0 Å². The maximum absolute atomic E-state index is 12.6. The van der Waals surface area contributed by atoms with Gasteiger partial charge in [-0.15, -0.1) is 10.2 Å². The molecule has 1 aliphatic rings. The Labute approximate surface area is 142 Å². The van der Waals surface area contributed by atoms with Crippen LogP contribution in [0.2, 0.25) is 0 Å². The van der Waals surface area contributed by atoms with E-state index in [2.05, 4.69) is 28.4 Å². The molecule has 0 radical (unpaired) electrons. The van der Waals surface area contributed by atoms with Gasteiger partial charge in [-0.25, -0.2) is 0 Å². The second kappa shape index (κ2) is 7.02. The molecule has 7 heteroatoms. The van der Waals surface area contributed by atoms with Crippen LogP contribution in [0.1, 0.15) is 18.1 Å². The molecule has 1 aliphatic heterocycles. The number of hydrogen-bond donors (Lipinski definition) is 0. The quantitative estimate of drug-likeness (QED) is 0.791. The average Bonchev–Trinajstić information content (AvgIpc) is 3.01. The number of nitrogens with zero attached hydrogens (tertiary/aromatic N) is 3. The van der Waals surface area contributed by atoms with E-state index in [4.69, 9.17) is 0 Å². The third kappa shape index (κ3) is 3.47. The van der Waals surface area contributed by atoms with Crippen molar-refractivity contribution in [3.8, 4) is 0 Å². The van der Waals surface area contributed by atoms with Gasteiger partial charge in [-0.05, 0) is 30.7 Å². The Kier molecular flexibility index (Phi) is 5.05. The predicted octanol–water partition coefficient (Wildman–Crippen LogP) is 3.33. The van der Waals surface area contributed by atoms with Crippen molar-refractivity contribution in [3.63, 3.8) is 0 Å². The van der Waals surface area contributed by atoms with E-state index in [0.717, 1.165) is 21.6 Å². The van der Waals surface area contributed by atoms with E-state index in [1.807, 2.05) is 24.1 Å². The van der Waals surface area contributed by atoms with Gasteiger partial charge in [0.05, 0.1) is 5.25 Å². The first kappa shape index (κ1) is 15.8. The fourth-order valence-electron chi connectivity index (χ4n) is 2.47. The standard InChI is InChI=1S/C15H17N3OS3/c1-10(21-15-17-16-14(20-2)22-15)13(19)18-8-7-11-5-3-4-6-12(11)9-18/h3-6,10H,7-9H2,1-2H3. The molecule has 4 nitrogen and oxygen atoms in total. The number of fused-ring (bicyclic) bond motifs is 1. The minimum atomic E-state index is -0.132. The lowest BCUT2D eigenvalue weighted by Crippen LogP contribution is -2.40. The number of hydrogen-bond acceptors (Lipinski definition) is 6. The zero-order valence-electron chi connectivity index (χ0n) is 12.5. The summed E-state index contributed by atoms with van der Waals surface area (Å²) >= 11 is 4.63. The lowest BCUT2D eigenvalue weighted by Gasteiger charge is -2.30. The van der Waals surface area contributed by atoms with Crippen LogP contribution in [0.15, 0.2) is 32.9 Å². The van der Waals surface area contributed by atoms with Crippen molar-refractivity contribution in [1.82, 2.24) is 15.1 Å². The fraction of sp³-hybridized carbons (Fsp3) is 0.400. The van der Waals surface area contributed by atoms with E-state index in [1.165, 1.54) is 22.9 Å². The molecule has 1 unspecified atom stereocenters. The van der Waals surface area contributed by atoms with Crippen molar-refractivity contribution in [2.45, 2.75) is 33.8 Å². The summed E-state index contributed by atoms with van der Waals surface area (Å²) in [5, 5.41) is 8.07. The zero-order chi connectivity index (χ0) is 15.5. The van der Waals surface area contributed by atoms with E-state index < -0.39 is 0 Å². The molecular weight excluding hydrogens is 334 g/mol. The Morgan fingerprint density at radius 1 is 1.27 bits per heavy atom. The molecule has 0 aliphatic carbocycles. The lowest BCUT2D eigenvalue weighted by molar-refractivity contribution is -0.131. The van der Waals surface area contributed by atoms with E-state index in [-0.39, 0.29) is 11.2 Å². The minimum Gasteiger partial charge on any atom is -0.337 e. The third-order valence-corrected chi connectivity index (χ3v) is 6.70. The first-order valence-corrected chi connectivity index (χ1v) is 9.99. The van der Waals surface area contributed by atoms with Gasteiger partial charge in [-0.2, -0.15) is 0 Å². The maximum Gasteiger partial charge on any atom is 0.236 e. The van der Waals surface area contributed by atoms with Crippen LogP contribution in [-0.2, 0) is 17.8 Å². The van der Waals surface area contributed by atoms with Crippen LogP contribution < -0.4 is 0 Å². The van der Waals surface area contributed by atoms with Gasteiger partial charge in [0, 0.05) is 13.1 Å². The van der Waals surface area contributed by atoms with Crippen molar-refractivity contribution >= 4 is 40.8 Å². The number of carbonyl (C=O) groups excluding carboxylic acids is 1. The van der Waals surface area contributed by atoms with Crippen molar-refractivity contribution < 1.29 is 4.79 Å². The molecule has 1 aromatic carbocycles. The summed E-state index contributed by atoms with van der Waals surface area (Å²) in [5.74, 6) is 0.181. The molecule has 3 rings (SSSR count). The van der Waals surface area contributed by atoms with Crippen molar-refractivity contribution in [2.75, 3.05) is 12.8 Å². The second-order valence-corrected chi connectivity index (χ2v) is 8.70. The first-order valence-electron chi connectivity index (χ1n) is 7.07. The Morgan fingerprint density at radius 2 is 2.00 bits per heavy atom. The van der Waals surface area contributed by atoms with Gasteiger partial charge >= 0.3 is 0 Å². The van der Waals surface area contributed by atoms with Crippen LogP contribution in [0, 0.1) is 0 Å². The highest BCUT2D eigenvalue weighted by Crippen LogP contribution is 2.31. The summed E-state index contributed by atoms with van der Waals surface area (Å²) in [7, 11) is 0. The van der Waals surface area contributed by atoms with Crippen molar-refractivity contribution in [2.24, 2.45) is 0 Å². The summed E-state index contributed by atoms with van der Waals surface area (Å²) in [6.45, 7) is 3.46. The zero-order valence-corrected chi connectivity index (χ0v) is 14.9. The topological polar surface area (TPSA) is 46.1 Å². The molecule has 0 saturated heterocycles. The highest BCUT2D eigenvalue weighted by molar-refractivity contribution is 8.03. The van der Waals surface area contributed by atoms with Gasteiger partial charge in [-0.3, -0.25) is 4.79 Å². The molecule has 1 atom stereocenters. The molecule has 116 valence electrons. The Morgan fingerprint density at radius 3 is 2.73 bits per heavy atom. The molecule has 2 aromatic rings. The lowest BCUT2D eigenvalue weighted by atomic mass is 10.00. The Bertz CT molecular complexity index is 674. The first-order chi connectivity index (χ1) is 10.7. The third-order valence-electron chi connectivity index (χ3n) is 3.63. The number of amides is 1. The van der Waals surface area contributed by atoms with E-state index in [0.29, 0.717) is 6.54 Å². The van der Waals surface area contributed by atoms with Gasteiger partial charge in [0.1, 0.15) is 0 Å². The number of thioether (sulfide) groups is 2. The molecule has 22 heavy (non-hydrogen) atoms. The molecule has 1 amide bonds. The number of aromatic nitrogens is 2. The fourth-order valence-corrected chi connectivity index (χ4v) is 5.14. The predicted molar refractivity (Wildman–Crippen MR) is 92.6 cm³/mol. The maximum atomic E-state index is 12.6. The van der Waals surface area contributed by atoms with E-state index >= 15 is 0 Å². The van der Waals surface area contributed by atoms with Crippen molar-refractivity contribution in [3.05, 3.63) is 35.4 Å². The van der Waals surface area contributed by atoms with Gasteiger partial charge in [-0.1, -0.05) is 59.1 Å². The summed E-state index contributed by atoms with van der Waals surface area (Å²) in [4.78, 5) is 14.6. The summed E-state index contributed by atoms with van der Waals surface area (Å²) < 4.78 is 1.80. The van der Waals surface area contributed by atoms with Gasteiger partial charge < -0.3 is 4.90 Å². The highest BCUT2D eigenvalue weighted by atomic mass is 32.2. The molecule has 0 spiro atoms. The highest BCUT2D eigenvalue weighted by Gasteiger charge is 2.26. The normalized spacial score (nSPS) is 15.5. The molecule has 0 fully saturated rings. The molecule has 1 aromatic heterocycles. The van der Waals surface area contributed by atoms with Crippen LogP contribution in [0.3, 0.4) is 0 Å². The molecular formula is C15H17N3OS3. The molecule has 0 bridgehead atoms. The minimum absolute atomic E-state index is 0.132. The smallest absolute Gasteiger partial charge is 0.236 e. The summed E-state index contributed by atoms with van der Waals surface area (Å²) in [5.41, 5.74) is 2.63. The van der Waals surface area contributed by atoms with Gasteiger partial charge in [0.15, 0.2) is 8.68 Å². The Balaban J connectivity index is 1.64. The van der Waals surface area contributed by atoms with Gasteiger partial charge in [0.2, 0.25) is 5.91 Å². The molecule has 2 heterocycles. The number of rotatable bonds is 4.